The van der Waals surface area contributed by atoms with Crippen molar-refractivity contribution in [2.75, 3.05) is 0 Å². The second-order valence-corrected chi connectivity index (χ2v) is 5.17. The van der Waals surface area contributed by atoms with Crippen LogP contribution in [0.1, 0.15) is 12.0 Å². The van der Waals surface area contributed by atoms with E-state index in [1.54, 1.807) is 29.4 Å². The Hall–Kier alpha value is -2.16. The number of hydrogen-bond donors (Lipinski definition) is 0. The van der Waals surface area contributed by atoms with Crippen LogP contribution in [0.3, 0.4) is 0 Å². The molecule has 7 heteroatoms. The zero-order chi connectivity index (χ0) is 14.8. The summed E-state index contributed by atoms with van der Waals surface area (Å²) in [6.45, 7) is 0. The van der Waals surface area contributed by atoms with Crippen LogP contribution < -0.4 is 0 Å². The van der Waals surface area contributed by atoms with Crippen molar-refractivity contribution >= 4 is 34.1 Å². The molecule has 2 aromatic heterocycles. The summed E-state index contributed by atoms with van der Waals surface area (Å²) < 4.78 is 1.67. The third-order valence-corrected chi connectivity index (χ3v) is 3.69. The van der Waals surface area contributed by atoms with Crippen molar-refractivity contribution in [3.05, 3.63) is 46.6 Å². The van der Waals surface area contributed by atoms with Crippen molar-refractivity contribution in [1.82, 2.24) is 19.5 Å². The molecule has 0 bridgehead atoms. The van der Waals surface area contributed by atoms with Crippen LogP contribution in [0.25, 0.3) is 16.9 Å². The molecule has 0 unspecified atom stereocenters. The third kappa shape index (κ3) is 2.68. The van der Waals surface area contributed by atoms with E-state index in [4.69, 9.17) is 28.5 Å². The molecular weight excluding hydrogens is 309 g/mol. The average molecular weight is 318 g/mol. The van der Waals surface area contributed by atoms with Gasteiger partial charge in [-0.1, -0.05) is 23.2 Å². The first-order valence-electron chi connectivity index (χ1n) is 6.20. The van der Waals surface area contributed by atoms with Crippen LogP contribution in [0.4, 0.5) is 0 Å². The Balaban J connectivity index is 2.14. The quantitative estimate of drug-likeness (QED) is 0.692. The summed E-state index contributed by atoms with van der Waals surface area (Å²) in [7, 11) is 0. The van der Waals surface area contributed by atoms with E-state index < -0.39 is 0 Å². The SMILES string of the molecule is N#CCCc1cc2c(Cl)nc(-n3ccnc3)nc2cc1Cl. The van der Waals surface area contributed by atoms with E-state index in [9.17, 15) is 0 Å². The lowest BCUT2D eigenvalue weighted by Gasteiger charge is -2.08. The third-order valence-electron chi connectivity index (χ3n) is 3.05. The van der Waals surface area contributed by atoms with Gasteiger partial charge in [0.15, 0.2) is 0 Å². The molecule has 0 radical (unpaired) electrons. The lowest BCUT2D eigenvalue weighted by atomic mass is 10.1. The molecule has 1 aromatic carbocycles. The van der Waals surface area contributed by atoms with Gasteiger partial charge < -0.3 is 0 Å². The molecule has 104 valence electrons. The Kier molecular flexibility index (Phi) is 3.74. The first-order chi connectivity index (χ1) is 10.2. The molecule has 0 N–H and O–H groups in total. The number of nitriles is 1. The van der Waals surface area contributed by atoms with Crippen LogP contribution in [-0.4, -0.2) is 19.5 Å². The van der Waals surface area contributed by atoms with E-state index >= 15 is 0 Å². The Labute approximate surface area is 130 Å². The second kappa shape index (κ2) is 5.68. The van der Waals surface area contributed by atoms with Crippen molar-refractivity contribution in [3.63, 3.8) is 0 Å². The van der Waals surface area contributed by atoms with Crippen LogP contribution >= 0.6 is 23.2 Å². The molecule has 21 heavy (non-hydrogen) atoms. The fourth-order valence-electron chi connectivity index (χ4n) is 2.02. The average Bonchev–Trinajstić information content (AvgIpc) is 2.99. The molecule has 5 nitrogen and oxygen atoms in total. The first kappa shape index (κ1) is 13.8. The molecular formula is C14H9Cl2N5. The van der Waals surface area contributed by atoms with Crippen LogP contribution in [-0.2, 0) is 6.42 Å². The fourth-order valence-corrected chi connectivity index (χ4v) is 2.50. The van der Waals surface area contributed by atoms with E-state index in [1.165, 1.54) is 0 Å². The number of imidazole rings is 1. The van der Waals surface area contributed by atoms with Gasteiger partial charge in [0.1, 0.15) is 11.5 Å². The molecule has 3 rings (SSSR count). The minimum absolute atomic E-state index is 0.346. The van der Waals surface area contributed by atoms with Gasteiger partial charge in [-0.15, -0.1) is 0 Å². The summed E-state index contributed by atoms with van der Waals surface area (Å²) in [5, 5.41) is 10.3. The maximum Gasteiger partial charge on any atom is 0.236 e. The highest BCUT2D eigenvalue weighted by Gasteiger charge is 2.11. The smallest absolute Gasteiger partial charge is 0.236 e. The topological polar surface area (TPSA) is 67.4 Å². The van der Waals surface area contributed by atoms with Crippen molar-refractivity contribution in [1.29, 1.82) is 5.26 Å². The summed E-state index contributed by atoms with van der Waals surface area (Å²) in [4.78, 5) is 12.7. The summed E-state index contributed by atoms with van der Waals surface area (Å²) in [6.07, 6.45) is 5.95. The Morgan fingerprint density at radius 2 is 2.10 bits per heavy atom. The van der Waals surface area contributed by atoms with Gasteiger partial charge in [-0.05, 0) is 24.1 Å². The normalized spacial score (nSPS) is 10.7. The zero-order valence-electron chi connectivity index (χ0n) is 10.8. The zero-order valence-corrected chi connectivity index (χ0v) is 12.3. The lowest BCUT2D eigenvalue weighted by molar-refractivity contribution is 0.940. The van der Waals surface area contributed by atoms with Crippen molar-refractivity contribution in [3.8, 4) is 12.0 Å². The van der Waals surface area contributed by atoms with Gasteiger partial charge in [0.2, 0.25) is 5.95 Å². The van der Waals surface area contributed by atoms with Gasteiger partial charge in [-0.2, -0.15) is 10.2 Å². The minimum Gasteiger partial charge on any atom is -0.274 e. The van der Waals surface area contributed by atoms with Gasteiger partial charge in [0.25, 0.3) is 0 Å². The minimum atomic E-state index is 0.346. The highest BCUT2D eigenvalue weighted by Crippen LogP contribution is 2.28. The number of fused-ring (bicyclic) bond motifs is 1. The molecule has 0 aliphatic heterocycles. The van der Waals surface area contributed by atoms with Crippen LogP contribution in [0.5, 0.6) is 0 Å². The predicted molar refractivity (Wildman–Crippen MR) is 80.6 cm³/mol. The molecule has 2 heterocycles. The number of halogens is 2. The van der Waals surface area contributed by atoms with Crippen LogP contribution in [0, 0.1) is 11.3 Å². The number of benzene rings is 1. The standard InChI is InChI=1S/C14H9Cl2N5/c15-11-7-12-10(6-9(11)2-1-3-17)13(16)20-14(19-12)21-5-4-18-8-21/h4-8H,1-2H2. The molecule has 0 saturated carbocycles. The number of aryl methyl sites for hydroxylation is 1. The van der Waals surface area contributed by atoms with E-state index in [0.717, 1.165) is 10.9 Å². The monoisotopic (exact) mass is 317 g/mol. The number of hydrogen-bond acceptors (Lipinski definition) is 4. The molecule has 3 aromatic rings. The maximum atomic E-state index is 8.68. The summed E-state index contributed by atoms with van der Waals surface area (Å²) in [6, 6.07) is 5.69. The van der Waals surface area contributed by atoms with E-state index in [1.807, 2.05) is 6.07 Å². The first-order valence-corrected chi connectivity index (χ1v) is 6.95. The molecule has 0 amide bonds. The predicted octanol–water partition coefficient (Wildman–Crippen LogP) is 3.58. The molecule has 0 atom stereocenters. The largest absolute Gasteiger partial charge is 0.274 e. The molecule has 0 aliphatic rings. The lowest BCUT2D eigenvalue weighted by Crippen LogP contribution is -2.00. The molecule has 0 saturated heterocycles. The highest BCUT2D eigenvalue weighted by molar-refractivity contribution is 6.35. The summed E-state index contributed by atoms with van der Waals surface area (Å²) in [5.74, 6) is 0.436. The van der Waals surface area contributed by atoms with Crippen LogP contribution in [0.15, 0.2) is 30.9 Å². The summed E-state index contributed by atoms with van der Waals surface area (Å²) >= 11 is 12.5. The molecule has 0 aliphatic carbocycles. The van der Waals surface area contributed by atoms with E-state index in [2.05, 4.69) is 21.0 Å². The van der Waals surface area contributed by atoms with E-state index in [0.29, 0.717) is 34.5 Å². The highest BCUT2D eigenvalue weighted by atomic mass is 35.5. The molecule has 0 spiro atoms. The number of aromatic nitrogens is 4. The van der Waals surface area contributed by atoms with E-state index in [-0.39, 0.29) is 0 Å². The molecule has 0 fully saturated rings. The second-order valence-electron chi connectivity index (χ2n) is 4.40. The Bertz CT molecular complexity index is 837. The summed E-state index contributed by atoms with van der Waals surface area (Å²) in [5.41, 5.74) is 1.52. The fraction of sp³-hybridized carbons (Fsp3) is 0.143. The van der Waals surface area contributed by atoms with Gasteiger partial charge in [-0.25, -0.2) is 9.97 Å². The Morgan fingerprint density at radius 1 is 1.24 bits per heavy atom. The van der Waals surface area contributed by atoms with Gasteiger partial charge in [-0.3, -0.25) is 4.57 Å². The van der Waals surface area contributed by atoms with Gasteiger partial charge >= 0.3 is 0 Å². The number of rotatable bonds is 3. The number of nitrogens with zero attached hydrogens (tertiary/aromatic N) is 5. The van der Waals surface area contributed by atoms with Crippen molar-refractivity contribution in [2.24, 2.45) is 0 Å². The Morgan fingerprint density at radius 3 is 2.81 bits per heavy atom. The van der Waals surface area contributed by atoms with Gasteiger partial charge in [0.05, 0.1) is 11.6 Å². The van der Waals surface area contributed by atoms with Gasteiger partial charge in [0, 0.05) is 29.2 Å². The maximum absolute atomic E-state index is 8.68. The van der Waals surface area contributed by atoms with Crippen molar-refractivity contribution in [2.45, 2.75) is 12.8 Å². The van der Waals surface area contributed by atoms with Crippen LogP contribution in [0.2, 0.25) is 10.2 Å². The van der Waals surface area contributed by atoms with Crippen molar-refractivity contribution < 1.29 is 0 Å².